The highest BCUT2D eigenvalue weighted by atomic mass is 32.2. The van der Waals surface area contributed by atoms with E-state index in [0.29, 0.717) is 37.7 Å². The first-order valence-electron chi connectivity index (χ1n) is 9.06. The summed E-state index contributed by atoms with van der Waals surface area (Å²) in [6.45, 7) is 7.23. The van der Waals surface area contributed by atoms with E-state index < -0.39 is 10.0 Å². The predicted molar refractivity (Wildman–Crippen MR) is 110 cm³/mol. The molecule has 2 rings (SSSR count). The van der Waals surface area contributed by atoms with Crippen molar-refractivity contribution in [3.05, 3.63) is 64.6 Å². The largest absolute Gasteiger partial charge is 0.490 e. The van der Waals surface area contributed by atoms with Gasteiger partial charge in [0.05, 0.1) is 13.2 Å². The standard InChI is InChI=1S/C21H27NO4S/c1-4-25-20-11-10-19(16-21(20)26-5-2)12-14-22-27(23,24)15-13-18-8-6-17(3)7-9-18/h6-11,13,15-16,22H,4-5,12,14H2,1-3H3. The second-order valence-corrected chi connectivity index (χ2v) is 7.70. The van der Waals surface area contributed by atoms with Gasteiger partial charge >= 0.3 is 0 Å². The molecule has 0 aromatic heterocycles. The maximum Gasteiger partial charge on any atom is 0.233 e. The molecule has 2 aromatic rings. The highest BCUT2D eigenvalue weighted by Gasteiger charge is 2.08. The first-order valence-corrected chi connectivity index (χ1v) is 10.6. The molecule has 0 radical (unpaired) electrons. The molecule has 0 bridgehead atoms. The third kappa shape index (κ3) is 7.07. The Morgan fingerprint density at radius 2 is 1.63 bits per heavy atom. The van der Waals surface area contributed by atoms with E-state index in [4.69, 9.17) is 9.47 Å². The molecule has 0 heterocycles. The van der Waals surface area contributed by atoms with Gasteiger partial charge in [-0.15, -0.1) is 0 Å². The molecule has 5 nitrogen and oxygen atoms in total. The lowest BCUT2D eigenvalue weighted by Crippen LogP contribution is -2.23. The minimum Gasteiger partial charge on any atom is -0.490 e. The van der Waals surface area contributed by atoms with Crippen LogP contribution in [0.15, 0.2) is 47.9 Å². The molecule has 6 heteroatoms. The Labute approximate surface area is 162 Å². The summed E-state index contributed by atoms with van der Waals surface area (Å²) in [6, 6.07) is 13.3. The average Bonchev–Trinajstić information content (AvgIpc) is 2.64. The van der Waals surface area contributed by atoms with Crippen LogP contribution in [0.1, 0.15) is 30.5 Å². The summed E-state index contributed by atoms with van der Waals surface area (Å²) >= 11 is 0. The van der Waals surface area contributed by atoms with Crippen LogP contribution in [0.2, 0.25) is 0 Å². The predicted octanol–water partition coefficient (Wildman–Crippen LogP) is 3.93. The molecule has 0 saturated heterocycles. The van der Waals surface area contributed by atoms with Crippen LogP contribution in [0.3, 0.4) is 0 Å². The molecule has 0 unspecified atom stereocenters. The van der Waals surface area contributed by atoms with Crippen LogP contribution >= 0.6 is 0 Å². The highest BCUT2D eigenvalue weighted by molar-refractivity contribution is 7.92. The lowest BCUT2D eigenvalue weighted by molar-refractivity contribution is 0.287. The first kappa shape index (κ1) is 21.0. The molecule has 0 fully saturated rings. The number of ether oxygens (including phenoxy) is 2. The summed E-state index contributed by atoms with van der Waals surface area (Å²) in [5.41, 5.74) is 2.96. The SMILES string of the molecule is CCOc1ccc(CCNS(=O)(=O)C=Cc2ccc(C)cc2)cc1OCC. The summed E-state index contributed by atoms with van der Waals surface area (Å²) in [5.74, 6) is 1.38. The van der Waals surface area contributed by atoms with Gasteiger partial charge in [0.25, 0.3) is 0 Å². The quantitative estimate of drug-likeness (QED) is 0.669. The Bertz CT molecular complexity index is 858. The van der Waals surface area contributed by atoms with Crippen LogP contribution in [0.25, 0.3) is 6.08 Å². The van der Waals surface area contributed by atoms with Gasteiger partial charge in [-0.2, -0.15) is 0 Å². The van der Waals surface area contributed by atoms with E-state index in [1.54, 1.807) is 6.08 Å². The van der Waals surface area contributed by atoms with Crippen molar-refractivity contribution in [2.45, 2.75) is 27.2 Å². The number of nitrogens with one attached hydrogen (secondary N) is 1. The Balaban J connectivity index is 1.94. The third-order valence-electron chi connectivity index (χ3n) is 3.84. The Kier molecular flexibility index (Phi) is 7.88. The Morgan fingerprint density at radius 3 is 2.30 bits per heavy atom. The van der Waals surface area contributed by atoms with Gasteiger partial charge in [0, 0.05) is 12.0 Å². The third-order valence-corrected chi connectivity index (χ3v) is 4.94. The minimum absolute atomic E-state index is 0.306. The van der Waals surface area contributed by atoms with Crippen molar-refractivity contribution in [3.8, 4) is 11.5 Å². The van der Waals surface area contributed by atoms with E-state index in [1.165, 1.54) is 5.41 Å². The second kappa shape index (κ2) is 10.1. The fourth-order valence-corrected chi connectivity index (χ4v) is 3.30. The number of rotatable bonds is 10. The van der Waals surface area contributed by atoms with Crippen LogP contribution in [-0.2, 0) is 16.4 Å². The molecule has 0 aliphatic rings. The molecule has 2 aromatic carbocycles. The van der Waals surface area contributed by atoms with Gasteiger partial charge in [0.1, 0.15) is 0 Å². The molecule has 27 heavy (non-hydrogen) atoms. The number of hydrogen-bond donors (Lipinski definition) is 1. The number of benzene rings is 2. The zero-order valence-corrected chi connectivity index (χ0v) is 16.9. The molecule has 146 valence electrons. The maximum absolute atomic E-state index is 12.1. The van der Waals surface area contributed by atoms with Crippen LogP contribution in [-0.4, -0.2) is 28.2 Å². The van der Waals surface area contributed by atoms with E-state index in [2.05, 4.69) is 4.72 Å². The van der Waals surface area contributed by atoms with Gasteiger partial charge in [-0.05, 0) is 56.5 Å². The van der Waals surface area contributed by atoms with E-state index in [0.717, 1.165) is 16.7 Å². The van der Waals surface area contributed by atoms with Crippen molar-refractivity contribution in [2.24, 2.45) is 0 Å². The van der Waals surface area contributed by atoms with Crippen molar-refractivity contribution in [3.63, 3.8) is 0 Å². The summed E-state index contributed by atoms with van der Waals surface area (Å²) < 4.78 is 38.0. The fraction of sp³-hybridized carbons (Fsp3) is 0.333. The molecule has 0 aliphatic heterocycles. The second-order valence-electron chi connectivity index (χ2n) is 6.05. The van der Waals surface area contributed by atoms with E-state index in [1.807, 2.05) is 63.2 Å². The van der Waals surface area contributed by atoms with Gasteiger partial charge in [-0.3, -0.25) is 0 Å². The van der Waals surface area contributed by atoms with E-state index in [9.17, 15) is 8.42 Å². The fourth-order valence-electron chi connectivity index (χ4n) is 2.48. The smallest absolute Gasteiger partial charge is 0.233 e. The number of aryl methyl sites for hydroxylation is 1. The molecular formula is C21H27NO4S. The summed E-state index contributed by atoms with van der Waals surface area (Å²) in [6.07, 6.45) is 2.15. The van der Waals surface area contributed by atoms with Crippen molar-refractivity contribution in [1.82, 2.24) is 4.72 Å². The zero-order valence-electron chi connectivity index (χ0n) is 16.1. The van der Waals surface area contributed by atoms with Crippen molar-refractivity contribution >= 4 is 16.1 Å². The van der Waals surface area contributed by atoms with Gasteiger partial charge in [0.2, 0.25) is 10.0 Å². The van der Waals surface area contributed by atoms with E-state index in [-0.39, 0.29) is 0 Å². The molecule has 0 spiro atoms. The van der Waals surface area contributed by atoms with E-state index >= 15 is 0 Å². The van der Waals surface area contributed by atoms with Gasteiger partial charge in [-0.1, -0.05) is 35.9 Å². The van der Waals surface area contributed by atoms with Crippen molar-refractivity contribution < 1.29 is 17.9 Å². The lowest BCUT2D eigenvalue weighted by atomic mass is 10.1. The van der Waals surface area contributed by atoms with Gasteiger partial charge in [-0.25, -0.2) is 13.1 Å². The highest BCUT2D eigenvalue weighted by Crippen LogP contribution is 2.28. The monoisotopic (exact) mass is 389 g/mol. The average molecular weight is 390 g/mol. The normalized spacial score (nSPS) is 11.7. The van der Waals surface area contributed by atoms with Crippen molar-refractivity contribution in [1.29, 1.82) is 0 Å². The molecule has 0 saturated carbocycles. The summed E-state index contributed by atoms with van der Waals surface area (Å²) in [7, 11) is -3.48. The molecular weight excluding hydrogens is 362 g/mol. The van der Waals surface area contributed by atoms with Gasteiger partial charge in [0.15, 0.2) is 11.5 Å². The molecule has 0 amide bonds. The molecule has 0 aliphatic carbocycles. The summed E-state index contributed by atoms with van der Waals surface area (Å²) in [4.78, 5) is 0. The number of sulfonamides is 1. The number of hydrogen-bond acceptors (Lipinski definition) is 4. The lowest BCUT2D eigenvalue weighted by Gasteiger charge is -2.12. The van der Waals surface area contributed by atoms with Crippen molar-refractivity contribution in [2.75, 3.05) is 19.8 Å². The maximum atomic E-state index is 12.1. The van der Waals surface area contributed by atoms with Crippen LogP contribution < -0.4 is 14.2 Å². The van der Waals surface area contributed by atoms with Crippen LogP contribution in [0.5, 0.6) is 11.5 Å². The Hall–Kier alpha value is -2.31. The topological polar surface area (TPSA) is 64.6 Å². The van der Waals surface area contributed by atoms with Crippen LogP contribution in [0, 0.1) is 6.92 Å². The zero-order chi connectivity index (χ0) is 19.7. The molecule has 1 N–H and O–H groups in total. The Morgan fingerprint density at radius 1 is 0.963 bits per heavy atom. The van der Waals surface area contributed by atoms with Crippen LogP contribution in [0.4, 0.5) is 0 Å². The minimum atomic E-state index is -3.48. The first-order chi connectivity index (χ1) is 12.9. The summed E-state index contributed by atoms with van der Waals surface area (Å²) in [5, 5.41) is 1.20. The van der Waals surface area contributed by atoms with Gasteiger partial charge < -0.3 is 9.47 Å². The molecule has 0 atom stereocenters.